The minimum Gasteiger partial charge on any atom is -0.508 e. The maximum Gasteiger partial charge on any atom is 0.192 e. The van der Waals surface area contributed by atoms with Crippen molar-refractivity contribution in [3.05, 3.63) is 129 Å². The molecule has 24 nitrogen and oxygen atoms in total. The average Bonchev–Trinajstić information content (AvgIpc) is 1.35. The van der Waals surface area contributed by atoms with Crippen LogP contribution in [0.5, 0.6) is 23.0 Å². The molecule has 12 atom stereocenters. The number of β-amino-alcohol motifs (C(OH)–C–C–N with tert-alkyl or cyclic N) is 4. The number of carbonyl (C=O) groups is 2. The first-order chi connectivity index (χ1) is 44.3. The number of phenols is 2. The highest BCUT2D eigenvalue weighted by Crippen LogP contribution is 2.69. The van der Waals surface area contributed by atoms with E-state index < -0.39 is 82.9 Å². The second-order valence-electron chi connectivity index (χ2n) is 29.8. The van der Waals surface area contributed by atoms with E-state index >= 15 is 4.39 Å². The summed E-state index contributed by atoms with van der Waals surface area (Å²) in [5, 5.41) is 168. The lowest BCUT2D eigenvalue weighted by molar-refractivity contribution is -0.222. The lowest BCUT2D eigenvalue weighted by atomic mass is 9.44. The van der Waals surface area contributed by atoms with E-state index in [0.29, 0.717) is 78.2 Å². The van der Waals surface area contributed by atoms with E-state index in [1.165, 1.54) is 42.5 Å². The van der Waals surface area contributed by atoms with E-state index in [0.717, 1.165) is 0 Å². The number of aliphatic hydroxyl groups excluding tert-OH is 11. The van der Waals surface area contributed by atoms with Crippen LogP contribution in [-0.4, -0.2) is 182 Å². The lowest BCUT2D eigenvalue weighted by Gasteiger charge is -2.62. The van der Waals surface area contributed by atoms with E-state index in [2.05, 4.69) is 31.2 Å². The molecule has 4 unspecified atom stereocenters. The second-order valence-corrected chi connectivity index (χ2v) is 29.8. The molecule has 0 bridgehead atoms. The molecule has 8 rings (SSSR count). The van der Waals surface area contributed by atoms with Crippen molar-refractivity contribution < 1.29 is 95.7 Å². The molecule has 2 aromatic carbocycles. The number of nitrogens with zero attached hydrogens (tertiary/aromatic N) is 2. The van der Waals surface area contributed by atoms with E-state index in [4.69, 9.17) is 20.4 Å². The Morgan fingerprint density at radius 3 is 1.32 bits per heavy atom. The number of pyridine rings is 2. The van der Waals surface area contributed by atoms with Crippen molar-refractivity contribution in [3.8, 4) is 23.0 Å². The smallest absolute Gasteiger partial charge is 0.192 e. The summed E-state index contributed by atoms with van der Waals surface area (Å²) in [7, 11) is 0. The number of aromatic hydroxyl groups is 4. The summed E-state index contributed by atoms with van der Waals surface area (Å²) in [5.74, 6) is -2.41. The minimum atomic E-state index is -2.23. The Morgan fingerprint density at radius 2 is 0.958 bits per heavy atom. The van der Waals surface area contributed by atoms with Gasteiger partial charge in [-0.25, -0.2) is 14.4 Å². The number of allylic oxidation sites excluding steroid dienone is 4. The van der Waals surface area contributed by atoms with Crippen molar-refractivity contribution in [1.29, 1.82) is 0 Å². The number of aromatic nitrogens is 2. The second kappa shape index (κ2) is 33.7. The van der Waals surface area contributed by atoms with Gasteiger partial charge in [0.25, 0.3) is 0 Å². The molecule has 4 aliphatic rings. The monoisotopic (exact) mass is 1350 g/mol. The molecule has 25 heteroatoms. The minimum absolute atomic E-state index is 0.0135. The molecular weight excluding hydrogens is 1240 g/mol. The maximum atomic E-state index is 16.8. The Balaban J connectivity index is 0.000000261. The van der Waals surface area contributed by atoms with E-state index in [1.54, 1.807) is 50.2 Å². The van der Waals surface area contributed by atoms with Gasteiger partial charge < -0.3 is 103 Å². The van der Waals surface area contributed by atoms with E-state index in [-0.39, 0.29) is 102 Å². The van der Waals surface area contributed by atoms with Crippen LogP contribution in [0.3, 0.4) is 0 Å². The quantitative estimate of drug-likeness (QED) is 0.0645. The van der Waals surface area contributed by atoms with Crippen LogP contribution >= 0.6 is 0 Å². The Morgan fingerprint density at radius 1 is 0.573 bits per heavy atom. The molecule has 2 heterocycles. The van der Waals surface area contributed by atoms with Crippen LogP contribution in [0.25, 0.3) is 0 Å². The third-order valence-electron chi connectivity index (χ3n) is 18.0. The highest BCUT2D eigenvalue weighted by molar-refractivity contribution is 6.01. The SMILES string of the molecule is CC(C)(C)NCC(O)c1ccc(O)c(CO)c1.CC(C)(C)NCC(O)c1ccc(O)c(CO)c1.CC(C)(C)NCC(O)c1ccc(O)c(CO)n1.CC(C)(C)NCC(O)c1ccc(O)c(CO)n1.C[C@]12C=CC(=O)C=C1CC[C@H]1[C@@H]3C[C@@H](O)[C@](O)(C(=O)CO)[C@@]3(C)C[C@H](O)[C@@]12F. The molecule has 96 heavy (non-hydrogen) atoms. The maximum absolute atomic E-state index is 16.8. The first kappa shape index (κ1) is 82.5. The number of ketones is 2. The standard InChI is InChI=1S/C21H27FO6.2C13H21NO3.2C12H20N2O3/c1-18-6-5-12(24)7-11(18)3-4-13-14-8-15(25)21(28,17(27)10-23)19(14,2)9-16(26)20(13,18)22;2*1-13(2,3)14-7-12(17)9-4-5-11(16)10(6-9)8-15;2*1-12(2,3)13-6-11(17)8-4-5-10(16)9(7-15)14-8/h5-7,13-16,23,25-26,28H,3-4,8-10H2,1-2H3;2*4-6,12,14-17H,7-8H2,1-3H3;2*4-5,11,13,15-17H,6-7H2,1-3H3/t13-,14-,15+,16-,18-,19-,20-,21-;;;;/m0..../s1. The topological polar surface area (TPSA) is 432 Å². The molecule has 3 saturated carbocycles. The molecule has 3 fully saturated rings. The van der Waals surface area contributed by atoms with E-state index in [9.17, 15) is 70.9 Å². The van der Waals surface area contributed by atoms with Gasteiger partial charge in [0.05, 0.1) is 62.2 Å². The number of hydrogen-bond donors (Lipinski definition) is 20. The zero-order valence-corrected chi connectivity index (χ0v) is 58.1. The van der Waals surface area contributed by atoms with Crippen LogP contribution in [0, 0.1) is 22.7 Å². The number of hydrogen-bond acceptors (Lipinski definition) is 24. The Bertz CT molecular complexity index is 2980. The fourth-order valence-electron chi connectivity index (χ4n) is 12.4. The van der Waals surface area contributed by atoms with Gasteiger partial charge in [-0.15, -0.1) is 0 Å². The number of Topliss-reactive ketones (excluding diaryl/α,β-unsaturated/α-hetero) is 1. The van der Waals surface area contributed by atoms with Crippen LogP contribution in [0.1, 0.15) is 192 Å². The zero-order valence-electron chi connectivity index (χ0n) is 58.1. The van der Waals surface area contributed by atoms with Gasteiger partial charge in [-0.3, -0.25) is 9.59 Å². The fraction of sp³-hybridized carbons (Fsp3) is 0.606. The molecule has 0 saturated heterocycles. The van der Waals surface area contributed by atoms with E-state index in [1.807, 2.05) is 83.1 Å². The molecule has 0 radical (unpaired) electrons. The number of carbonyl (C=O) groups excluding carboxylic acids is 2. The number of halogens is 1. The van der Waals surface area contributed by atoms with Gasteiger partial charge in [-0.1, -0.05) is 30.7 Å². The number of nitrogens with one attached hydrogen (secondary N) is 4. The van der Waals surface area contributed by atoms with Gasteiger partial charge in [0.2, 0.25) is 0 Å². The predicted octanol–water partition coefficient (Wildman–Crippen LogP) is 4.63. The molecule has 4 aliphatic carbocycles. The third-order valence-corrected chi connectivity index (χ3v) is 18.0. The molecule has 538 valence electrons. The highest BCUT2D eigenvalue weighted by Gasteiger charge is 2.76. The summed E-state index contributed by atoms with van der Waals surface area (Å²) in [6.45, 7) is 26.9. The molecule has 0 spiro atoms. The highest BCUT2D eigenvalue weighted by atomic mass is 19.1. The van der Waals surface area contributed by atoms with Crippen LogP contribution in [0.2, 0.25) is 0 Å². The molecule has 4 aromatic rings. The van der Waals surface area contributed by atoms with Gasteiger partial charge in [-0.05, 0) is 193 Å². The van der Waals surface area contributed by atoms with Crippen molar-refractivity contribution in [1.82, 2.24) is 31.2 Å². The number of alkyl halides is 1. The predicted molar refractivity (Wildman–Crippen MR) is 359 cm³/mol. The van der Waals surface area contributed by atoms with Crippen LogP contribution in [-0.2, 0) is 36.0 Å². The molecule has 0 amide bonds. The lowest BCUT2D eigenvalue weighted by Crippen LogP contribution is -2.69. The summed E-state index contributed by atoms with van der Waals surface area (Å²) >= 11 is 0. The van der Waals surface area contributed by atoms with Crippen LogP contribution in [0.4, 0.5) is 4.39 Å². The van der Waals surface area contributed by atoms with Gasteiger partial charge >= 0.3 is 0 Å². The number of rotatable bonds is 18. The van der Waals surface area contributed by atoms with Crippen molar-refractivity contribution in [2.75, 3.05) is 32.8 Å². The summed E-state index contributed by atoms with van der Waals surface area (Å²) in [4.78, 5) is 32.2. The average molecular weight is 1350 g/mol. The number of benzene rings is 2. The summed E-state index contributed by atoms with van der Waals surface area (Å²) < 4.78 is 16.8. The summed E-state index contributed by atoms with van der Waals surface area (Å²) in [6, 6.07) is 15.5. The first-order valence-corrected chi connectivity index (χ1v) is 32.3. The molecule has 20 N–H and O–H groups in total. The van der Waals surface area contributed by atoms with Crippen LogP contribution < -0.4 is 21.3 Å². The summed E-state index contributed by atoms with van der Waals surface area (Å²) in [6.07, 6.45) is -0.903. The van der Waals surface area contributed by atoms with Crippen LogP contribution in [0.15, 0.2) is 84.5 Å². The van der Waals surface area contributed by atoms with Gasteiger partial charge in [0.1, 0.15) is 53.2 Å². The van der Waals surface area contributed by atoms with Gasteiger partial charge in [0.15, 0.2) is 22.8 Å². The Hall–Kier alpha value is -5.95. The summed E-state index contributed by atoms with van der Waals surface area (Å²) in [5.41, 5.74) is -2.96. The van der Waals surface area contributed by atoms with Gasteiger partial charge in [-0.2, -0.15) is 0 Å². The zero-order chi connectivity index (χ0) is 72.9. The fourth-order valence-corrected chi connectivity index (χ4v) is 12.4. The van der Waals surface area contributed by atoms with Gasteiger partial charge in [0, 0.05) is 76.2 Å². The molecule has 0 aliphatic heterocycles. The Labute approximate surface area is 563 Å². The van der Waals surface area contributed by atoms with Crippen molar-refractivity contribution in [2.45, 2.75) is 219 Å². The third kappa shape index (κ3) is 21.0. The normalized spacial score (nSPS) is 25.0. The first-order valence-electron chi connectivity index (χ1n) is 32.3. The van der Waals surface area contributed by atoms with Crippen molar-refractivity contribution >= 4 is 11.6 Å². The molecule has 2 aromatic heterocycles. The number of fused-ring (bicyclic) bond motifs is 5. The largest absolute Gasteiger partial charge is 0.508 e. The Kier molecular flexibility index (Phi) is 29.0. The molecular formula is C71H109FN6O18. The van der Waals surface area contributed by atoms with Crippen molar-refractivity contribution in [2.24, 2.45) is 22.7 Å². The number of aliphatic hydroxyl groups is 12. The van der Waals surface area contributed by atoms with Crippen molar-refractivity contribution in [3.63, 3.8) is 0 Å².